The van der Waals surface area contributed by atoms with Crippen LogP contribution < -0.4 is 4.74 Å². The molecule has 4 bridgehead atoms. The molecule has 3 aliphatic heterocycles. The van der Waals surface area contributed by atoms with Crippen molar-refractivity contribution in [1.82, 2.24) is 0 Å². The van der Waals surface area contributed by atoms with Crippen LogP contribution in [0.4, 0.5) is 0 Å². The SMILES string of the molecule is O=C1C=Cc2ccc(c(O)c2)O[C@@H]2O[C@H](COC(=O)C=Cc3cc(O)c(O)cc3C1)[C@@H](O)[C@H](O)[C@H]2O. The lowest BCUT2D eigenvalue weighted by atomic mass is 9.99. The number of allylic oxidation sites excluding steroid dienone is 1. The van der Waals surface area contributed by atoms with Crippen molar-refractivity contribution in [2.24, 2.45) is 0 Å². The van der Waals surface area contributed by atoms with Crippen LogP contribution >= 0.6 is 0 Å². The fourth-order valence-electron chi connectivity index (χ4n) is 3.76. The van der Waals surface area contributed by atoms with Gasteiger partial charge in [0, 0.05) is 12.5 Å². The fourth-order valence-corrected chi connectivity index (χ4v) is 3.76. The van der Waals surface area contributed by atoms with E-state index in [1.165, 1.54) is 48.6 Å². The highest BCUT2D eigenvalue weighted by Crippen LogP contribution is 2.32. The number of phenols is 3. The van der Waals surface area contributed by atoms with Gasteiger partial charge in [-0.05, 0) is 53.1 Å². The van der Waals surface area contributed by atoms with Crippen molar-refractivity contribution in [2.45, 2.75) is 37.1 Å². The molecule has 0 spiro atoms. The van der Waals surface area contributed by atoms with Crippen LogP contribution in [-0.4, -0.2) is 79.7 Å². The van der Waals surface area contributed by atoms with Crippen LogP contribution in [0.15, 0.2) is 42.5 Å². The number of carbonyl (C=O) groups excluding carboxylic acids is 2. The van der Waals surface area contributed by atoms with Crippen LogP contribution in [0.25, 0.3) is 12.2 Å². The second kappa shape index (κ2) is 10.4. The van der Waals surface area contributed by atoms with E-state index in [-0.39, 0.29) is 29.3 Å². The van der Waals surface area contributed by atoms with Gasteiger partial charge in [0.25, 0.3) is 0 Å². The molecule has 0 unspecified atom stereocenters. The van der Waals surface area contributed by atoms with E-state index in [4.69, 9.17) is 14.2 Å². The first kappa shape index (κ1) is 25.2. The summed E-state index contributed by atoms with van der Waals surface area (Å²) in [5.41, 5.74) is 1.03. The molecule has 1 saturated heterocycles. The van der Waals surface area contributed by atoms with E-state index in [2.05, 4.69) is 0 Å². The first-order valence-corrected chi connectivity index (χ1v) is 10.9. The highest BCUT2D eigenvalue weighted by Gasteiger charge is 2.45. The van der Waals surface area contributed by atoms with Gasteiger partial charge in [0.05, 0.1) is 0 Å². The van der Waals surface area contributed by atoms with Gasteiger partial charge in [-0.2, -0.15) is 0 Å². The van der Waals surface area contributed by atoms with Crippen molar-refractivity contribution in [3.8, 4) is 23.0 Å². The molecular formula is C25H24O11. The Bertz CT molecular complexity index is 1220. The molecular weight excluding hydrogens is 476 g/mol. The molecule has 0 radical (unpaired) electrons. The number of phenolic OH excluding ortho intramolecular Hbond substituents is 3. The van der Waals surface area contributed by atoms with Gasteiger partial charge < -0.3 is 44.8 Å². The lowest BCUT2D eigenvalue weighted by Gasteiger charge is -2.39. The molecule has 0 aliphatic carbocycles. The minimum Gasteiger partial charge on any atom is -0.504 e. The molecule has 3 heterocycles. The van der Waals surface area contributed by atoms with E-state index in [0.717, 1.165) is 6.08 Å². The molecule has 190 valence electrons. The van der Waals surface area contributed by atoms with E-state index in [0.29, 0.717) is 11.1 Å². The van der Waals surface area contributed by atoms with Gasteiger partial charge in [-0.25, -0.2) is 4.79 Å². The summed E-state index contributed by atoms with van der Waals surface area (Å²) in [4.78, 5) is 24.8. The predicted molar refractivity (Wildman–Crippen MR) is 123 cm³/mol. The molecule has 2 aromatic rings. The normalized spacial score (nSPS) is 26.8. The van der Waals surface area contributed by atoms with Gasteiger partial charge in [-0.1, -0.05) is 12.1 Å². The van der Waals surface area contributed by atoms with Gasteiger partial charge in [-0.3, -0.25) is 4.79 Å². The number of rotatable bonds is 0. The first-order chi connectivity index (χ1) is 17.1. The van der Waals surface area contributed by atoms with Crippen LogP contribution in [0, 0.1) is 0 Å². The van der Waals surface area contributed by atoms with Gasteiger partial charge >= 0.3 is 5.97 Å². The van der Waals surface area contributed by atoms with Crippen LogP contribution in [-0.2, 0) is 25.5 Å². The third kappa shape index (κ3) is 5.50. The van der Waals surface area contributed by atoms with Crippen molar-refractivity contribution in [1.29, 1.82) is 0 Å². The van der Waals surface area contributed by atoms with Gasteiger partial charge in [0.2, 0.25) is 6.29 Å². The highest BCUT2D eigenvalue weighted by molar-refractivity contribution is 5.96. The lowest BCUT2D eigenvalue weighted by Crippen LogP contribution is -2.60. The second-order valence-corrected chi connectivity index (χ2v) is 8.34. The molecule has 2 aromatic carbocycles. The summed E-state index contributed by atoms with van der Waals surface area (Å²) in [6, 6.07) is 6.56. The zero-order valence-electron chi connectivity index (χ0n) is 18.7. The molecule has 0 saturated carbocycles. The number of carbonyl (C=O) groups is 2. The fraction of sp³-hybridized carbons (Fsp3) is 0.280. The topological polar surface area (TPSA) is 183 Å². The minimum absolute atomic E-state index is 0.105. The monoisotopic (exact) mass is 500 g/mol. The van der Waals surface area contributed by atoms with Crippen LogP contribution in [0.3, 0.4) is 0 Å². The Morgan fingerprint density at radius 2 is 1.53 bits per heavy atom. The Morgan fingerprint density at radius 1 is 0.778 bits per heavy atom. The van der Waals surface area contributed by atoms with Crippen LogP contribution in [0.5, 0.6) is 23.0 Å². The Kier molecular flexibility index (Phi) is 7.27. The third-order valence-corrected chi connectivity index (χ3v) is 5.75. The maximum atomic E-state index is 12.5. The summed E-state index contributed by atoms with van der Waals surface area (Å²) in [7, 11) is 0. The van der Waals surface area contributed by atoms with Gasteiger partial charge in [0.15, 0.2) is 28.8 Å². The standard InChI is InChI=1S/C25H24O11/c26-15-4-1-12-2-5-19(18(29)7-12)35-25-24(33)23(32)22(31)20(36-25)11-34-21(30)6-3-13-9-16(27)17(28)10-14(13)8-15/h1-7,9-10,20,22-25,27-29,31-33H,8,11H2/t20-,22-,23+,24-,25-/m1/s1. The van der Waals surface area contributed by atoms with Crippen LogP contribution in [0.2, 0.25) is 0 Å². The summed E-state index contributed by atoms with van der Waals surface area (Å²) in [5, 5.41) is 60.8. The third-order valence-electron chi connectivity index (χ3n) is 5.75. The molecule has 11 heteroatoms. The maximum Gasteiger partial charge on any atom is 0.330 e. The highest BCUT2D eigenvalue weighted by atomic mass is 16.7. The van der Waals surface area contributed by atoms with E-state index in [1.807, 2.05) is 0 Å². The number of benzene rings is 2. The number of ketones is 1. The lowest BCUT2D eigenvalue weighted by molar-refractivity contribution is -0.278. The number of hydrogen-bond acceptors (Lipinski definition) is 11. The van der Waals surface area contributed by atoms with E-state index in [9.17, 15) is 40.2 Å². The largest absolute Gasteiger partial charge is 0.504 e. The van der Waals surface area contributed by atoms with Crippen molar-refractivity contribution in [2.75, 3.05) is 6.61 Å². The first-order valence-electron chi connectivity index (χ1n) is 10.9. The van der Waals surface area contributed by atoms with Crippen molar-refractivity contribution >= 4 is 23.9 Å². The smallest absolute Gasteiger partial charge is 0.330 e. The molecule has 5 rings (SSSR count). The molecule has 36 heavy (non-hydrogen) atoms. The van der Waals surface area contributed by atoms with Gasteiger partial charge in [0.1, 0.15) is 31.0 Å². The van der Waals surface area contributed by atoms with Crippen molar-refractivity contribution in [3.63, 3.8) is 0 Å². The molecule has 6 N–H and O–H groups in total. The number of ether oxygens (including phenoxy) is 3. The Labute approximate surface area is 204 Å². The van der Waals surface area contributed by atoms with Crippen molar-refractivity contribution < 1.29 is 54.4 Å². The molecule has 5 atom stereocenters. The van der Waals surface area contributed by atoms with E-state index >= 15 is 0 Å². The molecule has 1 fully saturated rings. The Hall–Kier alpha value is -3.90. The number of aliphatic hydroxyl groups excluding tert-OH is 3. The zero-order valence-corrected chi connectivity index (χ0v) is 18.7. The summed E-state index contributed by atoms with van der Waals surface area (Å²) in [6.07, 6.45) is -2.97. The minimum atomic E-state index is -1.70. The number of aromatic hydroxyl groups is 3. The van der Waals surface area contributed by atoms with Crippen LogP contribution in [0.1, 0.15) is 16.7 Å². The molecule has 3 aliphatic rings. The average molecular weight is 500 g/mol. The zero-order chi connectivity index (χ0) is 26.0. The molecule has 0 aromatic heterocycles. The quantitative estimate of drug-likeness (QED) is 0.217. The molecule has 11 nitrogen and oxygen atoms in total. The summed E-state index contributed by atoms with van der Waals surface area (Å²) in [6.45, 7) is -0.519. The summed E-state index contributed by atoms with van der Waals surface area (Å²) in [5.74, 6) is -2.60. The average Bonchev–Trinajstić information content (AvgIpc) is 2.84. The maximum absolute atomic E-state index is 12.5. The Balaban J connectivity index is 1.70. The number of hydrogen-bond donors (Lipinski definition) is 6. The second-order valence-electron chi connectivity index (χ2n) is 8.34. The summed E-state index contributed by atoms with van der Waals surface area (Å²) >= 11 is 0. The van der Waals surface area contributed by atoms with E-state index < -0.39 is 54.8 Å². The predicted octanol–water partition coefficient (Wildman–Crippen LogP) is 0.385. The van der Waals surface area contributed by atoms with Crippen molar-refractivity contribution in [3.05, 3.63) is 59.2 Å². The number of aliphatic hydroxyl groups is 3. The Morgan fingerprint density at radius 3 is 2.28 bits per heavy atom. The van der Waals surface area contributed by atoms with Gasteiger partial charge in [-0.15, -0.1) is 0 Å². The molecule has 0 amide bonds. The van der Waals surface area contributed by atoms with E-state index in [1.54, 1.807) is 0 Å². The summed E-state index contributed by atoms with van der Waals surface area (Å²) < 4.78 is 16.1. The number of fused-ring (bicyclic) bond motifs is 7. The number of esters is 1.